The Morgan fingerprint density at radius 2 is 1.58 bits per heavy atom. The molecule has 0 spiro atoms. The third-order valence-electron chi connectivity index (χ3n) is 5.55. The Morgan fingerprint density at radius 3 is 2.39 bits per heavy atom. The lowest BCUT2D eigenvalue weighted by Gasteiger charge is -2.16. The number of nitrogens with one attached hydrogen (secondary N) is 2. The van der Waals surface area contributed by atoms with Crippen LogP contribution in [0.2, 0.25) is 0 Å². The van der Waals surface area contributed by atoms with Gasteiger partial charge in [0.1, 0.15) is 17.3 Å². The Morgan fingerprint density at radius 1 is 0.833 bits per heavy atom. The zero-order chi connectivity index (χ0) is 25.3. The van der Waals surface area contributed by atoms with Crippen molar-refractivity contribution in [3.63, 3.8) is 0 Å². The summed E-state index contributed by atoms with van der Waals surface area (Å²) in [7, 11) is 0. The first-order chi connectivity index (χ1) is 17.5. The average molecular weight is 492 g/mol. The second-order valence-electron chi connectivity index (χ2n) is 8.17. The van der Waals surface area contributed by atoms with Gasteiger partial charge in [-0.2, -0.15) is 0 Å². The summed E-state index contributed by atoms with van der Waals surface area (Å²) in [5, 5.41) is 5.20. The Labute approximate surface area is 208 Å². The van der Waals surface area contributed by atoms with Crippen LogP contribution in [0.3, 0.4) is 0 Å². The van der Waals surface area contributed by atoms with Crippen LogP contribution in [0, 0.1) is 5.82 Å². The number of benzene rings is 3. The number of hydrogen-bond acceptors (Lipinski definition) is 5. The van der Waals surface area contributed by atoms with Crippen LogP contribution in [0.1, 0.15) is 23.2 Å². The monoisotopic (exact) mass is 491 g/mol. The number of nitrogens with zero attached hydrogens (tertiary/aromatic N) is 1. The zero-order valence-electron chi connectivity index (χ0n) is 19.5. The van der Waals surface area contributed by atoms with Gasteiger partial charge in [-0.3, -0.25) is 14.4 Å². The molecular weight excluding hydrogens is 465 g/mol. The summed E-state index contributed by atoms with van der Waals surface area (Å²) in [6.07, 6.45) is 2.02. The Bertz CT molecular complexity index is 1240. The van der Waals surface area contributed by atoms with Crippen LogP contribution in [0.5, 0.6) is 11.5 Å². The standard InChI is InChI=1S/C27H26FN3O5/c28-22-11-2-3-12-23(22)30-25(32)17-36-24-13-4-1-10-21(24)27(34)29-19-8-7-9-20(16-19)35-18-26(33)31-14-5-6-15-31/h1-4,7-13,16H,5-6,14-15,17-18H2,(H,29,34)(H,30,32). The minimum atomic E-state index is -0.566. The quantitative estimate of drug-likeness (QED) is 0.470. The molecule has 2 N–H and O–H groups in total. The van der Waals surface area contributed by atoms with E-state index < -0.39 is 24.2 Å². The van der Waals surface area contributed by atoms with E-state index in [4.69, 9.17) is 9.47 Å². The van der Waals surface area contributed by atoms with E-state index in [2.05, 4.69) is 10.6 Å². The molecule has 3 aromatic rings. The summed E-state index contributed by atoms with van der Waals surface area (Å²) in [4.78, 5) is 39.1. The molecule has 0 aliphatic carbocycles. The molecule has 3 amide bonds. The molecule has 1 aliphatic heterocycles. The molecule has 186 valence electrons. The van der Waals surface area contributed by atoms with Crippen molar-refractivity contribution in [1.82, 2.24) is 4.90 Å². The average Bonchev–Trinajstić information content (AvgIpc) is 3.43. The molecule has 0 bridgehead atoms. The summed E-state index contributed by atoms with van der Waals surface area (Å²) >= 11 is 0. The number of amides is 3. The molecule has 1 fully saturated rings. The smallest absolute Gasteiger partial charge is 0.262 e. The fraction of sp³-hybridized carbons (Fsp3) is 0.222. The van der Waals surface area contributed by atoms with Crippen LogP contribution >= 0.6 is 0 Å². The predicted octanol–water partition coefficient (Wildman–Crippen LogP) is 4.10. The van der Waals surface area contributed by atoms with Crippen LogP contribution < -0.4 is 20.1 Å². The lowest BCUT2D eigenvalue weighted by Crippen LogP contribution is -2.32. The Kier molecular flexibility index (Phi) is 8.12. The van der Waals surface area contributed by atoms with Gasteiger partial charge < -0.3 is 25.0 Å². The van der Waals surface area contributed by atoms with Crippen molar-refractivity contribution in [2.75, 3.05) is 36.9 Å². The minimum absolute atomic E-state index is 0.0429. The van der Waals surface area contributed by atoms with E-state index in [0.29, 0.717) is 11.4 Å². The van der Waals surface area contributed by atoms with E-state index in [1.165, 1.54) is 18.2 Å². The van der Waals surface area contributed by atoms with Gasteiger partial charge in [-0.1, -0.05) is 30.3 Å². The van der Waals surface area contributed by atoms with Crippen LogP contribution in [-0.4, -0.2) is 48.9 Å². The van der Waals surface area contributed by atoms with Gasteiger partial charge in [0.05, 0.1) is 11.3 Å². The first-order valence-electron chi connectivity index (χ1n) is 11.6. The largest absolute Gasteiger partial charge is 0.484 e. The van der Waals surface area contributed by atoms with Gasteiger partial charge in [0.15, 0.2) is 13.2 Å². The highest BCUT2D eigenvalue weighted by atomic mass is 19.1. The first-order valence-corrected chi connectivity index (χ1v) is 11.6. The predicted molar refractivity (Wildman–Crippen MR) is 133 cm³/mol. The van der Waals surface area contributed by atoms with Crippen molar-refractivity contribution in [1.29, 1.82) is 0 Å². The molecule has 1 aliphatic rings. The number of carbonyl (C=O) groups excluding carboxylic acids is 3. The Hall–Kier alpha value is -4.40. The van der Waals surface area contributed by atoms with Crippen LogP contribution in [-0.2, 0) is 9.59 Å². The highest BCUT2D eigenvalue weighted by molar-refractivity contribution is 6.06. The third-order valence-corrected chi connectivity index (χ3v) is 5.55. The van der Waals surface area contributed by atoms with Gasteiger partial charge in [-0.15, -0.1) is 0 Å². The number of rotatable bonds is 9. The summed E-state index contributed by atoms with van der Waals surface area (Å²) in [5.74, 6) is -0.990. The zero-order valence-corrected chi connectivity index (χ0v) is 19.5. The van der Waals surface area contributed by atoms with E-state index >= 15 is 0 Å². The fourth-order valence-electron chi connectivity index (χ4n) is 3.74. The number of carbonyl (C=O) groups is 3. The summed E-state index contributed by atoms with van der Waals surface area (Å²) in [5.41, 5.74) is 0.728. The molecule has 0 saturated carbocycles. The van der Waals surface area contributed by atoms with E-state index in [0.717, 1.165) is 25.9 Å². The maximum atomic E-state index is 13.7. The van der Waals surface area contributed by atoms with Crippen LogP contribution in [0.15, 0.2) is 72.8 Å². The molecule has 0 unspecified atom stereocenters. The highest BCUT2D eigenvalue weighted by Crippen LogP contribution is 2.22. The van der Waals surface area contributed by atoms with Gasteiger partial charge in [-0.25, -0.2) is 4.39 Å². The lowest BCUT2D eigenvalue weighted by atomic mass is 10.2. The number of para-hydroxylation sites is 2. The molecule has 0 atom stereocenters. The van der Waals surface area contributed by atoms with Gasteiger partial charge in [0.2, 0.25) is 0 Å². The van der Waals surface area contributed by atoms with E-state index in [1.54, 1.807) is 59.5 Å². The van der Waals surface area contributed by atoms with Crippen molar-refractivity contribution in [2.24, 2.45) is 0 Å². The van der Waals surface area contributed by atoms with Gasteiger partial charge in [0, 0.05) is 24.8 Å². The molecule has 3 aromatic carbocycles. The molecule has 0 radical (unpaired) electrons. The second-order valence-corrected chi connectivity index (χ2v) is 8.17. The molecule has 1 heterocycles. The molecule has 1 saturated heterocycles. The third kappa shape index (κ3) is 6.59. The fourth-order valence-corrected chi connectivity index (χ4v) is 3.74. The number of likely N-dealkylation sites (tertiary alicyclic amines) is 1. The minimum Gasteiger partial charge on any atom is -0.484 e. The number of hydrogen-bond donors (Lipinski definition) is 2. The molecular formula is C27H26FN3O5. The molecule has 9 heteroatoms. The van der Waals surface area contributed by atoms with Crippen molar-refractivity contribution in [3.8, 4) is 11.5 Å². The maximum Gasteiger partial charge on any atom is 0.262 e. The van der Waals surface area contributed by atoms with Crippen LogP contribution in [0.25, 0.3) is 0 Å². The SMILES string of the molecule is O=C(COc1ccccc1C(=O)Nc1cccc(OCC(=O)N2CCCC2)c1)Nc1ccccc1F. The molecule has 4 rings (SSSR count). The lowest BCUT2D eigenvalue weighted by molar-refractivity contribution is -0.132. The molecule has 0 aromatic heterocycles. The van der Waals surface area contributed by atoms with E-state index in [-0.39, 0.29) is 29.5 Å². The van der Waals surface area contributed by atoms with Crippen molar-refractivity contribution < 1.29 is 28.2 Å². The topological polar surface area (TPSA) is 97.0 Å². The van der Waals surface area contributed by atoms with Crippen molar-refractivity contribution in [2.45, 2.75) is 12.8 Å². The van der Waals surface area contributed by atoms with Crippen molar-refractivity contribution >= 4 is 29.1 Å². The highest BCUT2D eigenvalue weighted by Gasteiger charge is 2.18. The number of ether oxygens (including phenoxy) is 2. The van der Waals surface area contributed by atoms with Crippen molar-refractivity contribution in [3.05, 3.63) is 84.2 Å². The summed E-state index contributed by atoms with van der Waals surface area (Å²) in [6, 6.07) is 19.0. The summed E-state index contributed by atoms with van der Waals surface area (Å²) < 4.78 is 24.9. The normalized spacial score (nSPS) is 12.6. The summed E-state index contributed by atoms with van der Waals surface area (Å²) in [6.45, 7) is 1.03. The van der Waals surface area contributed by atoms with Gasteiger partial charge in [-0.05, 0) is 49.2 Å². The second kappa shape index (κ2) is 11.8. The van der Waals surface area contributed by atoms with Gasteiger partial charge in [0.25, 0.3) is 17.7 Å². The van der Waals surface area contributed by atoms with Gasteiger partial charge >= 0.3 is 0 Å². The van der Waals surface area contributed by atoms with E-state index in [1.807, 2.05) is 0 Å². The van der Waals surface area contributed by atoms with Crippen LogP contribution in [0.4, 0.5) is 15.8 Å². The molecule has 36 heavy (non-hydrogen) atoms. The maximum absolute atomic E-state index is 13.7. The Balaban J connectivity index is 1.34. The first kappa shape index (κ1) is 24.7. The molecule has 8 nitrogen and oxygen atoms in total. The number of halogens is 1. The number of anilines is 2. The van der Waals surface area contributed by atoms with E-state index in [9.17, 15) is 18.8 Å².